The summed E-state index contributed by atoms with van der Waals surface area (Å²) in [5.74, 6) is 1.91. The highest BCUT2D eigenvalue weighted by Crippen LogP contribution is 2.28. The summed E-state index contributed by atoms with van der Waals surface area (Å²) in [6, 6.07) is 16.2. The topological polar surface area (TPSA) is 66.9 Å². The number of fused-ring (bicyclic) bond motifs is 1. The molecule has 1 aliphatic rings. The molecular formula is C21H22N4O. The highest BCUT2D eigenvalue weighted by Gasteiger charge is 2.28. The highest BCUT2D eigenvalue weighted by molar-refractivity contribution is 5.90. The Kier molecular flexibility index (Phi) is 4.52. The third-order valence-electron chi connectivity index (χ3n) is 4.58. The largest absolute Gasteiger partial charge is 0.368 e. The number of carbonyl (C=O) groups excluding carboxylic acids is 1. The van der Waals surface area contributed by atoms with Crippen LogP contribution < -0.4 is 10.6 Å². The van der Waals surface area contributed by atoms with Crippen LogP contribution in [0.1, 0.15) is 18.4 Å². The Bertz CT molecular complexity index is 932. The number of rotatable bonds is 6. The van der Waals surface area contributed by atoms with Crippen molar-refractivity contribution < 1.29 is 4.79 Å². The first-order chi connectivity index (χ1) is 12.7. The minimum atomic E-state index is 0.166. The lowest BCUT2D eigenvalue weighted by atomic mass is 10.1. The van der Waals surface area contributed by atoms with Crippen LogP contribution in [-0.4, -0.2) is 29.0 Å². The molecule has 0 atom stereocenters. The maximum Gasteiger partial charge on any atom is 0.223 e. The SMILES string of the molecule is Cc1ccc(-c2nc(NCCNC(=O)C3CC3)c3ccccc3n2)cc1. The maximum absolute atomic E-state index is 11.7. The van der Waals surface area contributed by atoms with Gasteiger partial charge in [0, 0.05) is 30.0 Å². The van der Waals surface area contributed by atoms with Crippen LogP contribution in [0.3, 0.4) is 0 Å². The second-order valence-electron chi connectivity index (χ2n) is 6.77. The van der Waals surface area contributed by atoms with Crippen LogP contribution in [0.15, 0.2) is 48.5 Å². The predicted octanol–water partition coefficient (Wildman–Crippen LogP) is 3.54. The Morgan fingerprint density at radius 3 is 2.58 bits per heavy atom. The molecule has 5 nitrogen and oxygen atoms in total. The first kappa shape index (κ1) is 16.5. The van der Waals surface area contributed by atoms with E-state index in [-0.39, 0.29) is 11.8 Å². The minimum Gasteiger partial charge on any atom is -0.368 e. The van der Waals surface area contributed by atoms with Crippen molar-refractivity contribution >= 4 is 22.6 Å². The van der Waals surface area contributed by atoms with Crippen molar-refractivity contribution in [3.05, 3.63) is 54.1 Å². The monoisotopic (exact) mass is 346 g/mol. The van der Waals surface area contributed by atoms with Crippen molar-refractivity contribution in [3.63, 3.8) is 0 Å². The zero-order valence-electron chi connectivity index (χ0n) is 14.8. The van der Waals surface area contributed by atoms with Gasteiger partial charge in [0.05, 0.1) is 5.52 Å². The Balaban J connectivity index is 1.55. The van der Waals surface area contributed by atoms with Crippen molar-refractivity contribution in [2.45, 2.75) is 19.8 Å². The van der Waals surface area contributed by atoms with E-state index in [0.717, 1.165) is 35.1 Å². The molecule has 3 aromatic rings. The van der Waals surface area contributed by atoms with E-state index in [1.165, 1.54) is 5.56 Å². The van der Waals surface area contributed by atoms with E-state index >= 15 is 0 Å². The number of nitrogens with one attached hydrogen (secondary N) is 2. The lowest BCUT2D eigenvalue weighted by Gasteiger charge is -2.11. The van der Waals surface area contributed by atoms with Crippen molar-refractivity contribution in [1.29, 1.82) is 0 Å². The molecule has 1 aromatic heterocycles. The number of nitrogens with zero attached hydrogens (tertiary/aromatic N) is 2. The third-order valence-corrected chi connectivity index (χ3v) is 4.58. The van der Waals surface area contributed by atoms with E-state index < -0.39 is 0 Å². The number of aryl methyl sites for hydroxylation is 1. The van der Waals surface area contributed by atoms with Crippen LogP contribution in [0.5, 0.6) is 0 Å². The number of anilines is 1. The number of amides is 1. The quantitative estimate of drug-likeness (QED) is 0.670. The van der Waals surface area contributed by atoms with Gasteiger partial charge in [0.15, 0.2) is 5.82 Å². The summed E-state index contributed by atoms with van der Waals surface area (Å²) < 4.78 is 0. The second-order valence-corrected chi connectivity index (χ2v) is 6.77. The summed E-state index contributed by atoms with van der Waals surface area (Å²) in [7, 11) is 0. The first-order valence-corrected chi connectivity index (χ1v) is 9.06. The lowest BCUT2D eigenvalue weighted by Crippen LogP contribution is -2.30. The summed E-state index contributed by atoms with van der Waals surface area (Å²) >= 11 is 0. The molecule has 26 heavy (non-hydrogen) atoms. The number of hydrogen-bond donors (Lipinski definition) is 2. The van der Waals surface area contributed by atoms with Gasteiger partial charge >= 0.3 is 0 Å². The molecule has 0 saturated heterocycles. The Morgan fingerprint density at radius 1 is 1.04 bits per heavy atom. The van der Waals surface area contributed by atoms with Gasteiger partial charge in [-0.25, -0.2) is 9.97 Å². The summed E-state index contributed by atoms with van der Waals surface area (Å²) in [5, 5.41) is 7.31. The molecule has 0 bridgehead atoms. The van der Waals surface area contributed by atoms with Crippen LogP contribution in [0.4, 0.5) is 5.82 Å². The van der Waals surface area contributed by atoms with Crippen LogP contribution in [0, 0.1) is 12.8 Å². The summed E-state index contributed by atoms with van der Waals surface area (Å²) in [6.07, 6.45) is 2.05. The molecule has 1 aliphatic carbocycles. The molecule has 1 amide bonds. The molecule has 4 rings (SSSR count). The summed E-state index contributed by atoms with van der Waals surface area (Å²) in [6.45, 7) is 3.29. The van der Waals surface area contributed by atoms with E-state index in [1.54, 1.807) is 0 Å². The molecule has 0 aliphatic heterocycles. The van der Waals surface area contributed by atoms with E-state index in [0.29, 0.717) is 18.9 Å². The number of hydrogen-bond acceptors (Lipinski definition) is 4. The van der Waals surface area contributed by atoms with E-state index in [4.69, 9.17) is 9.97 Å². The predicted molar refractivity (Wildman–Crippen MR) is 104 cm³/mol. The smallest absolute Gasteiger partial charge is 0.223 e. The maximum atomic E-state index is 11.7. The van der Waals surface area contributed by atoms with Gasteiger partial charge in [0.25, 0.3) is 0 Å². The van der Waals surface area contributed by atoms with Gasteiger partial charge in [-0.1, -0.05) is 42.0 Å². The molecule has 0 radical (unpaired) electrons. The van der Waals surface area contributed by atoms with Crippen LogP contribution >= 0.6 is 0 Å². The van der Waals surface area contributed by atoms with Crippen LogP contribution in [0.2, 0.25) is 0 Å². The van der Waals surface area contributed by atoms with E-state index in [2.05, 4.69) is 29.7 Å². The summed E-state index contributed by atoms with van der Waals surface area (Å²) in [4.78, 5) is 21.2. The van der Waals surface area contributed by atoms with Gasteiger partial charge in [-0.2, -0.15) is 0 Å². The normalized spacial score (nSPS) is 13.6. The fraction of sp³-hybridized carbons (Fsp3) is 0.286. The number of carbonyl (C=O) groups is 1. The molecular weight excluding hydrogens is 324 g/mol. The van der Waals surface area contributed by atoms with Gasteiger partial charge in [0.2, 0.25) is 5.91 Å². The second kappa shape index (κ2) is 7.12. The molecule has 2 aromatic carbocycles. The molecule has 2 N–H and O–H groups in total. The molecule has 0 unspecified atom stereocenters. The van der Waals surface area contributed by atoms with Crippen molar-refractivity contribution in [2.75, 3.05) is 18.4 Å². The van der Waals surface area contributed by atoms with Crippen molar-refractivity contribution in [3.8, 4) is 11.4 Å². The Morgan fingerprint density at radius 2 is 1.81 bits per heavy atom. The number of para-hydroxylation sites is 1. The van der Waals surface area contributed by atoms with Crippen molar-refractivity contribution in [1.82, 2.24) is 15.3 Å². The van der Waals surface area contributed by atoms with Gasteiger partial charge in [-0.15, -0.1) is 0 Å². The van der Waals surface area contributed by atoms with Crippen molar-refractivity contribution in [2.24, 2.45) is 5.92 Å². The lowest BCUT2D eigenvalue weighted by molar-refractivity contribution is -0.122. The van der Waals surface area contributed by atoms with E-state index in [9.17, 15) is 4.79 Å². The van der Waals surface area contributed by atoms with E-state index in [1.807, 2.05) is 36.4 Å². The van der Waals surface area contributed by atoms with Gasteiger partial charge in [-0.3, -0.25) is 4.79 Å². The number of aromatic nitrogens is 2. The fourth-order valence-corrected chi connectivity index (χ4v) is 2.90. The average Bonchev–Trinajstić information content (AvgIpc) is 3.50. The first-order valence-electron chi connectivity index (χ1n) is 9.06. The fourth-order valence-electron chi connectivity index (χ4n) is 2.90. The number of benzene rings is 2. The van der Waals surface area contributed by atoms with Crippen LogP contribution in [0.25, 0.3) is 22.3 Å². The molecule has 132 valence electrons. The van der Waals surface area contributed by atoms with Gasteiger partial charge < -0.3 is 10.6 Å². The highest BCUT2D eigenvalue weighted by atomic mass is 16.2. The van der Waals surface area contributed by atoms with Gasteiger partial charge in [0.1, 0.15) is 5.82 Å². The zero-order chi connectivity index (χ0) is 17.9. The molecule has 1 fully saturated rings. The Hall–Kier alpha value is -2.95. The van der Waals surface area contributed by atoms with Crippen LogP contribution in [-0.2, 0) is 4.79 Å². The average molecular weight is 346 g/mol. The molecule has 5 heteroatoms. The Labute approximate surface area is 152 Å². The minimum absolute atomic E-state index is 0.166. The standard InChI is InChI=1S/C21H22N4O/c1-14-6-8-15(9-7-14)19-24-18-5-3-2-4-17(18)20(25-19)22-12-13-23-21(26)16-10-11-16/h2-9,16H,10-13H2,1H3,(H,23,26)(H,22,24,25). The van der Waals surface area contributed by atoms with Gasteiger partial charge in [-0.05, 0) is 31.9 Å². The molecule has 0 spiro atoms. The summed E-state index contributed by atoms with van der Waals surface area (Å²) in [5.41, 5.74) is 3.10. The third kappa shape index (κ3) is 3.67. The zero-order valence-corrected chi connectivity index (χ0v) is 14.8. The molecule has 1 saturated carbocycles. The molecule has 1 heterocycles.